The lowest BCUT2D eigenvalue weighted by Gasteiger charge is -2.32. The van der Waals surface area contributed by atoms with Gasteiger partial charge in [0.25, 0.3) is 0 Å². The Kier molecular flexibility index (Phi) is 18.4. The van der Waals surface area contributed by atoms with Gasteiger partial charge >= 0.3 is 0 Å². The summed E-state index contributed by atoms with van der Waals surface area (Å²) in [5, 5.41) is 0. The first kappa shape index (κ1) is 62.7. The van der Waals surface area contributed by atoms with Crippen LogP contribution >= 0.6 is 0 Å². The van der Waals surface area contributed by atoms with Crippen LogP contribution in [0.2, 0.25) is 0 Å². The van der Waals surface area contributed by atoms with E-state index < -0.39 is 0 Å². The predicted octanol–water partition coefficient (Wildman–Crippen LogP) is 16.9. The number of nitrogens with zero attached hydrogens (tertiary/aromatic N) is 3. The van der Waals surface area contributed by atoms with Crippen LogP contribution in [0.5, 0.6) is 23.0 Å². The minimum Gasteiger partial charge on any atom is -0.497 e. The smallest absolute Gasteiger partial charge is 0.242 e. The number of hydrogen-bond donors (Lipinski definition) is 0. The Labute approximate surface area is 541 Å². The molecule has 0 amide bonds. The molecule has 0 aliphatic rings. The van der Waals surface area contributed by atoms with Crippen LogP contribution < -0.4 is 66.4 Å². The Hall–Kier alpha value is -9.85. The Bertz CT molecular complexity index is 3830. The van der Waals surface area contributed by atoms with Crippen molar-refractivity contribution in [3.8, 4) is 23.0 Å². The largest absolute Gasteiger partial charge is 0.497 e. The summed E-state index contributed by atoms with van der Waals surface area (Å²) < 4.78 is 22.6. The van der Waals surface area contributed by atoms with Gasteiger partial charge in [-0.15, -0.1) is 0 Å². The zero-order valence-corrected chi connectivity index (χ0v) is 55.8. The third-order valence-electron chi connectivity index (χ3n) is 18.0. The van der Waals surface area contributed by atoms with Crippen molar-refractivity contribution in [1.82, 2.24) is 0 Å². The van der Waals surface area contributed by atoms with E-state index in [-0.39, 0.29) is 13.4 Å². The van der Waals surface area contributed by atoms with Crippen LogP contribution in [0.1, 0.15) is 66.8 Å². The Morgan fingerprint density at radius 1 is 0.209 bits per heavy atom. The molecule has 0 atom stereocenters. The van der Waals surface area contributed by atoms with Crippen molar-refractivity contribution in [2.75, 3.05) is 43.1 Å². The lowest BCUT2D eigenvalue weighted by Crippen LogP contribution is -2.60. The molecule has 7 nitrogen and oxygen atoms in total. The first-order valence-corrected chi connectivity index (χ1v) is 31.5. The molecule has 0 bridgehead atoms. The molecule has 0 spiro atoms. The fraction of sp³-hybridized carbons (Fsp3) is 0.195. The van der Waals surface area contributed by atoms with Gasteiger partial charge in [-0.25, -0.2) is 0 Å². The number of benzene rings is 11. The SMILES string of the molecule is COc1ccc(N(c2ccc(OC)cc2)c2ccc(N(c3ccc(N(c4ccc(OC)cc4)c4ccc(OC)cc4)cc3)c3cc(B(c4c(C)cc(C)cc4C)c4c(C)cc(C)cc4C)cc(B(c4c(C)cc(C)cc4C)c4c(C)cc(C)cc4C)c3)cc2)cc1. The van der Waals surface area contributed by atoms with Gasteiger partial charge in [0.2, 0.25) is 13.4 Å². The van der Waals surface area contributed by atoms with Crippen molar-refractivity contribution in [2.24, 2.45) is 0 Å². The van der Waals surface area contributed by atoms with E-state index >= 15 is 0 Å². The lowest BCUT2D eigenvalue weighted by atomic mass is 9.31. The maximum atomic E-state index is 5.66. The second-order valence-electron chi connectivity index (χ2n) is 24.8. The maximum absolute atomic E-state index is 5.66. The second-order valence-corrected chi connectivity index (χ2v) is 24.8. The van der Waals surface area contributed by atoms with Gasteiger partial charge in [-0.05, 0) is 241 Å². The van der Waals surface area contributed by atoms with E-state index in [9.17, 15) is 0 Å². The van der Waals surface area contributed by atoms with Gasteiger partial charge in [0, 0.05) is 51.2 Å². The average molecular weight is 1200 g/mol. The molecule has 0 saturated carbocycles. The molecule has 0 aromatic heterocycles. The molecule has 0 fully saturated rings. The van der Waals surface area contributed by atoms with Crippen LogP contribution in [-0.2, 0) is 0 Å². The minimum atomic E-state index is -0.127. The van der Waals surface area contributed by atoms with Crippen molar-refractivity contribution in [1.29, 1.82) is 0 Å². The summed E-state index contributed by atoms with van der Waals surface area (Å²) in [6, 6.07) is 77.6. The number of rotatable bonds is 19. The molecule has 0 N–H and O–H groups in total. The highest BCUT2D eigenvalue weighted by molar-refractivity contribution is 6.99. The highest BCUT2D eigenvalue weighted by Crippen LogP contribution is 2.42. The van der Waals surface area contributed by atoms with Crippen LogP contribution in [0.25, 0.3) is 0 Å². The summed E-state index contributed by atoms with van der Waals surface area (Å²) in [5.41, 5.74) is 32.0. The number of aryl methyl sites for hydroxylation is 12. The molecule has 11 rings (SSSR count). The monoisotopic (exact) mass is 1200 g/mol. The van der Waals surface area contributed by atoms with E-state index in [0.717, 1.165) is 74.2 Å². The fourth-order valence-corrected chi connectivity index (χ4v) is 14.4. The molecule has 0 saturated heterocycles. The highest BCUT2D eigenvalue weighted by Gasteiger charge is 2.34. The number of anilines is 9. The quantitative estimate of drug-likeness (QED) is 0.0748. The van der Waals surface area contributed by atoms with Crippen molar-refractivity contribution in [2.45, 2.75) is 83.1 Å². The van der Waals surface area contributed by atoms with Gasteiger partial charge in [-0.3, -0.25) is 0 Å². The third-order valence-corrected chi connectivity index (χ3v) is 18.0. The third kappa shape index (κ3) is 13.0. The lowest BCUT2D eigenvalue weighted by molar-refractivity contribution is 0.414. The molecule has 456 valence electrons. The molecule has 0 heterocycles. The van der Waals surface area contributed by atoms with Gasteiger partial charge < -0.3 is 33.6 Å². The Morgan fingerprint density at radius 3 is 0.549 bits per heavy atom. The summed E-state index contributed by atoms with van der Waals surface area (Å²) in [5.74, 6) is 3.16. The predicted molar refractivity (Wildman–Crippen MR) is 389 cm³/mol. The van der Waals surface area contributed by atoms with Gasteiger partial charge in [0.15, 0.2) is 0 Å². The molecule has 9 heteroatoms. The van der Waals surface area contributed by atoms with Crippen LogP contribution in [0.15, 0.2) is 212 Å². The second kappa shape index (κ2) is 26.7. The van der Waals surface area contributed by atoms with E-state index in [0.29, 0.717) is 0 Å². The normalized spacial score (nSPS) is 11.1. The van der Waals surface area contributed by atoms with Crippen molar-refractivity contribution in [3.63, 3.8) is 0 Å². The van der Waals surface area contributed by atoms with E-state index in [1.165, 1.54) is 99.5 Å². The molecule has 11 aromatic carbocycles. The summed E-state index contributed by atoms with van der Waals surface area (Å²) in [6.45, 7) is 27.1. The molecule has 0 aliphatic carbocycles. The van der Waals surface area contributed by atoms with Gasteiger partial charge in [0.1, 0.15) is 23.0 Å². The number of methoxy groups -OCH3 is 4. The molecule has 91 heavy (non-hydrogen) atoms. The van der Waals surface area contributed by atoms with Crippen molar-refractivity contribution in [3.05, 3.63) is 279 Å². The van der Waals surface area contributed by atoms with Gasteiger partial charge in [0.05, 0.1) is 28.4 Å². The Morgan fingerprint density at radius 2 is 0.374 bits per heavy atom. The summed E-state index contributed by atoms with van der Waals surface area (Å²) >= 11 is 0. The summed E-state index contributed by atoms with van der Waals surface area (Å²) in [4.78, 5) is 7.03. The van der Waals surface area contributed by atoms with Crippen molar-refractivity contribution < 1.29 is 18.9 Å². The molecule has 0 unspecified atom stereocenters. The standard InChI is InChI=1S/C82H83B2N3O4/c1-52-41-56(5)79(57(6)42-52)83(80-58(7)43-53(2)44-59(80)8)64-49-65(84(81-60(9)45-54(3)46-61(81)10)82-62(11)47-55(4)48-63(82)12)51-74(50-64)87(68-21-17-66(18-22-68)85(70-25-33-75(88-13)34-26-70)71-27-35-76(89-14)36-28-71)69-23-19-67(20-24-69)86(72-29-37-77(90-15)38-30-72)73-31-39-78(91-16)40-32-73/h17-51H,1-16H3. The first-order valence-electron chi connectivity index (χ1n) is 31.5. The zero-order valence-electron chi connectivity index (χ0n) is 55.8. The maximum Gasteiger partial charge on any atom is 0.242 e. The Balaban J connectivity index is 1.22. The van der Waals surface area contributed by atoms with Crippen LogP contribution in [-0.4, -0.2) is 41.9 Å². The minimum absolute atomic E-state index is 0.127. The summed E-state index contributed by atoms with van der Waals surface area (Å²) in [6.07, 6.45) is 0. The first-order chi connectivity index (χ1) is 43.8. The zero-order chi connectivity index (χ0) is 64.4. The highest BCUT2D eigenvalue weighted by atomic mass is 16.5. The molecule has 0 aliphatic heterocycles. The van der Waals surface area contributed by atoms with Gasteiger partial charge in [-0.2, -0.15) is 0 Å². The number of hydrogen-bond acceptors (Lipinski definition) is 7. The number of ether oxygens (including phenoxy) is 4. The van der Waals surface area contributed by atoms with E-state index in [4.69, 9.17) is 18.9 Å². The van der Waals surface area contributed by atoms with Gasteiger partial charge in [-0.1, -0.05) is 154 Å². The van der Waals surface area contributed by atoms with E-state index in [2.05, 4.69) is 262 Å². The average Bonchev–Trinajstić information content (AvgIpc) is 0.859. The van der Waals surface area contributed by atoms with E-state index in [1.54, 1.807) is 28.4 Å². The van der Waals surface area contributed by atoms with Crippen LogP contribution in [0, 0.1) is 83.1 Å². The van der Waals surface area contributed by atoms with Crippen molar-refractivity contribution >= 4 is 97.4 Å². The molecule has 0 radical (unpaired) electrons. The molecular weight excluding hydrogens is 1110 g/mol. The van der Waals surface area contributed by atoms with Crippen LogP contribution in [0.4, 0.5) is 51.2 Å². The van der Waals surface area contributed by atoms with Crippen LogP contribution in [0.3, 0.4) is 0 Å². The summed E-state index contributed by atoms with van der Waals surface area (Å²) in [7, 11) is 6.82. The fourth-order valence-electron chi connectivity index (χ4n) is 14.4. The molecular formula is C82H83B2N3O4. The topological polar surface area (TPSA) is 46.6 Å². The molecule has 11 aromatic rings. The van der Waals surface area contributed by atoms with E-state index in [1.807, 2.05) is 48.5 Å².